The maximum Gasteiger partial charge on any atom is 0.325 e. The van der Waals surface area contributed by atoms with Gasteiger partial charge in [0.15, 0.2) is 0 Å². The molecule has 0 spiro atoms. The first-order valence-corrected chi connectivity index (χ1v) is 9.11. The first-order valence-electron chi connectivity index (χ1n) is 9.11. The monoisotopic (exact) mass is 397 g/mol. The van der Waals surface area contributed by atoms with Gasteiger partial charge in [-0.15, -0.1) is 0 Å². The van der Waals surface area contributed by atoms with Crippen molar-refractivity contribution >= 4 is 11.9 Å². The third kappa shape index (κ3) is 4.05. The Morgan fingerprint density at radius 3 is 2.45 bits per heavy atom. The van der Waals surface area contributed by atoms with Gasteiger partial charge in [0.05, 0.1) is 18.2 Å². The number of hydrogen-bond acceptors (Lipinski definition) is 5. The van der Waals surface area contributed by atoms with E-state index in [0.717, 1.165) is 4.90 Å². The second-order valence-electron chi connectivity index (χ2n) is 6.71. The number of β-amino-alcohol motifs (C(OH)–C–C–N with tert-alkyl or cyclic N) is 1. The van der Waals surface area contributed by atoms with Crippen LogP contribution in [0.4, 0.5) is 9.18 Å². The lowest BCUT2D eigenvalue weighted by atomic mass is 9.87. The van der Waals surface area contributed by atoms with Gasteiger partial charge < -0.3 is 15.2 Å². The summed E-state index contributed by atoms with van der Waals surface area (Å²) in [5.41, 5.74) is -0.335. The smallest absolute Gasteiger partial charge is 0.325 e. The van der Waals surface area contributed by atoms with Crippen molar-refractivity contribution in [1.29, 1.82) is 5.26 Å². The molecule has 29 heavy (non-hydrogen) atoms. The Balaban J connectivity index is 1.67. The Morgan fingerprint density at radius 1 is 1.21 bits per heavy atom. The van der Waals surface area contributed by atoms with E-state index in [1.54, 1.807) is 31.2 Å². The fourth-order valence-corrected chi connectivity index (χ4v) is 3.25. The zero-order valence-electron chi connectivity index (χ0n) is 15.8. The van der Waals surface area contributed by atoms with E-state index in [-0.39, 0.29) is 19.6 Å². The normalized spacial score (nSPS) is 19.6. The van der Waals surface area contributed by atoms with Gasteiger partial charge in [0, 0.05) is 0 Å². The number of nitriles is 1. The third-order valence-corrected chi connectivity index (χ3v) is 4.86. The average Bonchev–Trinajstić information content (AvgIpc) is 2.98. The van der Waals surface area contributed by atoms with E-state index in [2.05, 4.69) is 5.32 Å². The van der Waals surface area contributed by atoms with Crippen molar-refractivity contribution in [2.24, 2.45) is 0 Å². The highest BCUT2D eigenvalue weighted by Crippen LogP contribution is 2.32. The predicted molar refractivity (Wildman–Crippen MR) is 101 cm³/mol. The molecule has 3 amide bonds. The highest BCUT2D eigenvalue weighted by Gasteiger charge is 2.51. The summed E-state index contributed by atoms with van der Waals surface area (Å²) in [6.45, 7) is 1.36. The van der Waals surface area contributed by atoms with Gasteiger partial charge in [-0.3, -0.25) is 9.69 Å². The molecule has 1 saturated heterocycles. The van der Waals surface area contributed by atoms with Crippen LogP contribution in [0.25, 0.3) is 0 Å². The van der Waals surface area contributed by atoms with E-state index in [0.29, 0.717) is 16.9 Å². The molecule has 2 N–H and O–H groups in total. The second-order valence-corrected chi connectivity index (χ2v) is 6.71. The van der Waals surface area contributed by atoms with Gasteiger partial charge in [-0.2, -0.15) is 5.26 Å². The molecule has 1 fully saturated rings. The molecule has 8 heteroatoms. The molecule has 0 radical (unpaired) electrons. The van der Waals surface area contributed by atoms with Crippen molar-refractivity contribution in [3.8, 4) is 11.8 Å². The van der Waals surface area contributed by atoms with Crippen molar-refractivity contribution in [1.82, 2.24) is 10.2 Å². The Hall–Kier alpha value is -3.44. The van der Waals surface area contributed by atoms with Crippen molar-refractivity contribution < 1.29 is 23.8 Å². The Bertz CT molecular complexity index is 940. The number of amides is 3. The minimum absolute atomic E-state index is 0.140. The summed E-state index contributed by atoms with van der Waals surface area (Å²) < 4.78 is 18.7. The summed E-state index contributed by atoms with van der Waals surface area (Å²) in [7, 11) is 0. The molecule has 150 valence electrons. The molecule has 0 aliphatic carbocycles. The predicted octanol–water partition coefficient (Wildman–Crippen LogP) is 2.29. The van der Waals surface area contributed by atoms with Crippen LogP contribution in [-0.2, 0) is 10.3 Å². The molecule has 0 unspecified atom stereocenters. The van der Waals surface area contributed by atoms with Crippen LogP contribution < -0.4 is 10.1 Å². The van der Waals surface area contributed by atoms with Gasteiger partial charge in [0.2, 0.25) is 0 Å². The van der Waals surface area contributed by atoms with Crippen molar-refractivity contribution in [2.45, 2.75) is 25.0 Å². The molecule has 2 aromatic rings. The Morgan fingerprint density at radius 2 is 1.86 bits per heavy atom. The van der Waals surface area contributed by atoms with E-state index < -0.39 is 29.4 Å². The number of imide groups is 1. The molecular formula is C21H20FN3O4. The molecule has 1 aliphatic heterocycles. The van der Waals surface area contributed by atoms with Crippen LogP contribution in [0.3, 0.4) is 0 Å². The Labute approximate surface area is 167 Å². The summed E-state index contributed by atoms with van der Waals surface area (Å²) in [5.74, 6) is -0.493. The van der Waals surface area contributed by atoms with Crippen molar-refractivity contribution in [3.05, 3.63) is 65.5 Å². The number of nitrogens with zero attached hydrogens (tertiary/aromatic N) is 2. The number of carbonyl (C=O) groups excluding carboxylic acids is 2. The maximum absolute atomic E-state index is 13.2. The van der Waals surface area contributed by atoms with Gasteiger partial charge >= 0.3 is 6.03 Å². The van der Waals surface area contributed by atoms with E-state index in [1.165, 1.54) is 24.3 Å². The average molecular weight is 397 g/mol. The van der Waals surface area contributed by atoms with Crippen LogP contribution in [0.1, 0.15) is 24.5 Å². The molecule has 0 saturated carbocycles. The lowest BCUT2D eigenvalue weighted by Gasteiger charge is -2.26. The highest BCUT2D eigenvalue weighted by molar-refractivity contribution is 6.07. The zero-order valence-corrected chi connectivity index (χ0v) is 15.8. The summed E-state index contributed by atoms with van der Waals surface area (Å²) in [5, 5.41) is 21.7. The number of benzene rings is 2. The van der Waals surface area contributed by atoms with Gasteiger partial charge in [-0.05, 0) is 48.4 Å². The number of halogens is 1. The summed E-state index contributed by atoms with van der Waals surface area (Å²) in [4.78, 5) is 26.4. The molecular weight excluding hydrogens is 377 g/mol. The fraction of sp³-hybridized carbons (Fsp3) is 0.286. The van der Waals surface area contributed by atoms with Crippen LogP contribution in [0.2, 0.25) is 0 Å². The maximum atomic E-state index is 13.2. The zero-order chi connectivity index (χ0) is 21.0. The minimum Gasteiger partial charge on any atom is -0.491 e. The van der Waals surface area contributed by atoms with Crippen LogP contribution in [-0.4, -0.2) is 41.2 Å². The van der Waals surface area contributed by atoms with Crippen LogP contribution in [0.15, 0.2) is 48.5 Å². The molecule has 0 bridgehead atoms. The number of ether oxygens (including phenoxy) is 1. The molecule has 0 aromatic heterocycles. The second kappa shape index (κ2) is 8.29. The summed E-state index contributed by atoms with van der Waals surface area (Å²) in [6.07, 6.45) is -0.835. The molecule has 7 nitrogen and oxygen atoms in total. The topological polar surface area (TPSA) is 103 Å². The number of carbonyl (C=O) groups is 2. The van der Waals surface area contributed by atoms with Gasteiger partial charge in [0.25, 0.3) is 5.91 Å². The first-order chi connectivity index (χ1) is 13.9. The summed E-state index contributed by atoms with van der Waals surface area (Å²) in [6, 6.07) is 13.1. The number of urea groups is 1. The largest absolute Gasteiger partial charge is 0.491 e. The van der Waals surface area contributed by atoms with E-state index in [9.17, 15) is 19.1 Å². The standard InChI is InChI=1S/C21H20FN3O4/c1-2-21(15-5-7-16(22)8-6-15)19(27)25(20(28)24-21)12-17(26)13-29-18-9-3-14(11-23)4-10-18/h3-10,17,26H,2,12-13H2,1H3,(H,24,28)/t17-,21+/m1/s1. The molecule has 1 heterocycles. The Kier molecular flexibility index (Phi) is 5.80. The minimum atomic E-state index is -1.29. The summed E-state index contributed by atoms with van der Waals surface area (Å²) >= 11 is 0. The number of aliphatic hydroxyl groups excluding tert-OH is 1. The lowest BCUT2D eigenvalue weighted by molar-refractivity contribution is -0.132. The van der Waals surface area contributed by atoms with Crippen molar-refractivity contribution in [3.63, 3.8) is 0 Å². The van der Waals surface area contributed by atoms with Crippen molar-refractivity contribution in [2.75, 3.05) is 13.2 Å². The number of hydrogen-bond donors (Lipinski definition) is 2. The van der Waals surface area contributed by atoms with Crippen LogP contribution in [0, 0.1) is 17.1 Å². The van der Waals surface area contributed by atoms with Gasteiger partial charge in [-0.1, -0.05) is 19.1 Å². The van der Waals surface area contributed by atoms with E-state index in [4.69, 9.17) is 10.00 Å². The van der Waals surface area contributed by atoms with E-state index in [1.807, 2.05) is 6.07 Å². The number of nitrogens with one attached hydrogen (secondary N) is 1. The molecule has 1 aliphatic rings. The quantitative estimate of drug-likeness (QED) is 0.698. The number of aliphatic hydroxyl groups is 1. The molecule has 2 atom stereocenters. The van der Waals surface area contributed by atoms with E-state index >= 15 is 0 Å². The molecule has 3 rings (SSSR count). The van der Waals surface area contributed by atoms with Gasteiger partial charge in [-0.25, -0.2) is 9.18 Å². The lowest BCUT2D eigenvalue weighted by Crippen LogP contribution is -2.44. The number of rotatable bonds is 7. The van der Waals surface area contributed by atoms with Crippen LogP contribution in [0.5, 0.6) is 5.75 Å². The fourth-order valence-electron chi connectivity index (χ4n) is 3.25. The molecule has 2 aromatic carbocycles. The SMILES string of the molecule is CC[C@@]1(c2ccc(F)cc2)NC(=O)N(C[C@@H](O)COc2ccc(C#N)cc2)C1=O. The first kappa shape index (κ1) is 20.3. The van der Waals surface area contributed by atoms with Gasteiger partial charge in [0.1, 0.15) is 29.8 Å². The third-order valence-electron chi connectivity index (χ3n) is 4.86. The van der Waals surface area contributed by atoms with Crippen LogP contribution >= 0.6 is 0 Å². The highest BCUT2D eigenvalue weighted by atomic mass is 19.1.